The number of pyridine rings is 2. The molecule has 32 heavy (non-hydrogen) atoms. The van der Waals surface area contributed by atoms with Crippen LogP contribution in [0.3, 0.4) is 0 Å². The van der Waals surface area contributed by atoms with Crippen molar-refractivity contribution < 1.29 is 13.2 Å². The monoisotopic (exact) mass is 445 g/mol. The Morgan fingerprint density at radius 3 is 2.25 bits per heavy atom. The van der Waals surface area contributed by atoms with Gasteiger partial charge in [-0.15, -0.1) is 0 Å². The first kappa shape index (κ1) is 21.7. The second-order valence-electron chi connectivity index (χ2n) is 7.23. The normalized spacial score (nSPS) is 12.3. The minimum absolute atomic E-state index is 0.0192. The van der Waals surface area contributed by atoms with E-state index in [0.717, 1.165) is 22.4 Å². The molecule has 0 radical (unpaired) electrons. The summed E-state index contributed by atoms with van der Waals surface area (Å²) in [6, 6.07) is 25.6. The second kappa shape index (κ2) is 9.72. The Hall–Kier alpha value is -3.55. The molecule has 0 aliphatic carbocycles. The Labute approximate surface area is 188 Å². The minimum Gasteiger partial charge on any atom is -0.497 e. The van der Waals surface area contributed by atoms with Gasteiger partial charge in [0.1, 0.15) is 5.75 Å². The minimum atomic E-state index is -3.80. The average molecular weight is 446 g/mol. The zero-order valence-electron chi connectivity index (χ0n) is 17.5. The van der Waals surface area contributed by atoms with Gasteiger partial charge in [-0.3, -0.25) is 4.98 Å². The highest BCUT2D eigenvalue weighted by molar-refractivity contribution is 7.89. The van der Waals surface area contributed by atoms with Crippen LogP contribution < -0.4 is 9.46 Å². The molecule has 2 aromatic carbocycles. The highest BCUT2D eigenvalue weighted by Crippen LogP contribution is 2.26. The quantitative estimate of drug-likeness (QED) is 0.434. The van der Waals surface area contributed by atoms with Crippen molar-refractivity contribution in [1.82, 2.24) is 14.7 Å². The van der Waals surface area contributed by atoms with Crippen LogP contribution in [0.15, 0.2) is 102 Å². The summed E-state index contributed by atoms with van der Waals surface area (Å²) < 4.78 is 33.9. The smallest absolute Gasteiger partial charge is 0.258 e. The average Bonchev–Trinajstić information content (AvgIpc) is 2.85. The maximum absolute atomic E-state index is 12.9. The van der Waals surface area contributed by atoms with E-state index in [1.54, 1.807) is 31.5 Å². The molecule has 162 valence electrons. The standard InChI is InChI=1S/C25H23N3O3S/c1-31-22-8-6-7-21(18-22)20-13-11-19(12-14-20)17-24(23-9-2-4-15-26-23)28-32(29,30)25-10-3-5-16-27-25/h2-16,18,24,28H,17H2,1H3. The molecule has 0 amide bonds. The predicted octanol–water partition coefficient (Wildman–Crippen LogP) is 4.41. The lowest BCUT2D eigenvalue weighted by Gasteiger charge is -2.18. The van der Waals surface area contributed by atoms with Gasteiger partial charge in [0.25, 0.3) is 10.0 Å². The number of aromatic nitrogens is 2. The van der Waals surface area contributed by atoms with Crippen molar-refractivity contribution in [3.63, 3.8) is 0 Å². The molecule has 4 rings (SSSR count). The fourth-order valence-electron chi connectivity index (χ4n) is 3.41. The number of nitrogens with one attached hydrogen (secondary N) is 1. The van der Waals surface area contributed by atoms with Crippen molar-refractivity contribution in [1.29, 1.82) is 0 Å². The van der Waals surface area contributed by atoms with Crippen molar-refractivity contribution in [2.24, 2.45) is 0 Å². The highest BCUT2D eigenvalue weighted by Gasteiger charge is 2.23. The molecular weight excluding hydrogens is 422 g/mol. The summed E-state index contributed by atoms with van der Waals surface area (Å²) in [7, 11) is -2.16. The summed E-state index contributed by atoms with van der Waals surface area (Å²) in [6.45, 7) is 0. The maximum atomic E-state index is 12.9. The Bertz CT molecular complexity index is 1260. The van der Waals surface area contributed by atoms with Gasteiger partial charge in [0.15, 0.2) is 5.03 Å². The molecule has 0 aliphatic heterocycles. The third-order valence-corrected chi connectivity index (χ3v) is 6.44. The molecular formula is C25H23N3O3S. The van der Waals surface area contributed by atoms with Crippen LogP contribution >= 0.6 is 0 Å². The Kier molecular flexibility index (Phi) is 6.58. The van der Waals surface area contributed by atoms with E-state index < -0.39 is 16.1 Å². The van der Waals surface area contributed by atoms with Crippen molar-refractivity contribution in [2.75, 3.05) is 7.11 Å². The first-order chi connectivity index (χ1) is 15.5. The van der Waals surface area contributed by atoms with Gasteiger partial charge in [0.05, 0.1) is 18.8 Å². The molecule has 4 aromatic rings. The summed E-state index contributed by atoms with van der Waals surface area (Å²) >= 11 is 0. The molecule has 0 saturated carbocycles. The number of methoxy groups -OCH3 is 1. The molecule has 1 unspecified atom stereocenters. The van der Waals surface area contributed by atoms with Crippen LogP contribution in [0, 0.1) is 0 Å². The molecule has 0 aliphatic rings. The first-order valence-electron chi connectivity index (χ1n) is 10.1. The molecule has 7 heteroatoms. The molecule has 6 nitrogen and oxygen atoms in total. The number of nitrogens with zero attached hydrogens (tertiary/aromatic N) is 2. The van der Waals surface area contributed by atoms with Crippen LogP contribution in [0.2, 0.25) is 0 Å². The van der Waals surface area contributed by atoms with E-state index in [2.05, 4.69) is 14.7 Å². The number of sulfonamides is 1. The number of hydrogen-bond donors (Lipinski definition) is 1. The van der Waals surface area contributed by atoms with E-state index in [-0.39, 0.29) is 5.03 Å². The van der Waals surface area contributed by atoms with E-state index in [4.69, 9.17) is 4.74 Å². The van der Waals surface area contributed by atoms with Crippen LogP contribution in [0.1, 0.15) is 17.3 Å². The van der Waals surface area contributed by atoms with Gasteiger partial charge in [-0.1, -0.05) is 48.5 Å². The van der Waals surface area contributed by atoms with Crippen molar-refractivity contribution in [3.8, 4) is 16.9 Å². The number of benzene rings is 2. The molecule has 1 atom stereocenters. The third-order valence-electron chi connectivity index (χ3n) is 5.05. The van der Waals surface area contributed by atoms with Crippen molar-refractivity contribution in [2.45, 2.75) is 17.5 Å². The molecule has 0 spiro atoms. The Morgan fingerprint density at radius 1 is 0.844 bits per heavy atom. The predicted molar refractivity (Wildman–Crippen MR) is 124 cm³/mol. The Morgan fingerprint density at radius 2 is 1.59 bits per heavy atom. The number of ether oxygens (including phenoxy) is 1. The zero-order chi connectivity index (χ0) is 22.4. The summed E-state index contributed by atoms with van der Waals surface area (Å²) in [5, 5.41) is -0.0192. The fraction of sp³-hybridized carbons (Fsp3) is 0.120. The van der Waals surface area contributed by atoms with Gasteiger partial charge < -0.3 is 4.74 Å². The molecule has 2 aromatic heterocycles. The van der Waals surface area contributed by atoms with Crippen molar-refractivity contribution >= 4 is 10.0 Å². The van der Waals surface area contributed by atoms with Crippen LogP contribution in [0.25, 0.3) is 11.1 Å². The molecule has 2 heterocycles. The van der Waals surface area contributed by atoms with Gasteiger partial charge in [-0.05, 0) is 59.5 Å². The lowest BCUT2D eigenvalue weighted by molar-refractivity contribution is 0.415. The number of hydrogen-bond acceptors (Lipinski definition) is 5. The largest absolute Gasteiger partial charge is 0.497 e. The topological polar surface area (TPSA) is 81.2 Å². The van der Waals surface area contributed by atoms with Gasteiger partial charge in [0, 0.05) is 12.4 Å². The molecule has 0 bridgehead atoms. The van der Waals surface area contributed by atoms with Crippen molar-refractivity contribution in [3.05, 3.63) is 109 Å². The lowest BCUT2D eigenvalue weighted by Crippen LogP contribution is -2.31. The molecule has 1 N–H and O–H groups in total. The second-order valence-corrected chi connectivity index (χ2v) is 8.89. The van der Waals surface area contributed by atoms with E-state index in [1.165, 1.54) is 12.3 Å². The highest BCUT2D eigenvalue weighted by atomic mass is 32.2. The van der Waals surface area contributed by atoms with Gasteiger partial charge in [-0.2, -0.15) is 0 Å². The number of rotatable bonds is 8. The Balaban J connectivity index is 1.59. The van der Waals surface area contributed by atoms with Crippen LogP contribution in [-0.2, 0) is 16.4 Å². The fourth-order valence-corrected chi connectivity index (χ4v) is 4.57. The maximum Gasteiger partial charge on any atom is 0.258 e. The summed E-state index contributed by atoms with van der Waals surface area (Å²) in [6.07, 6.45) is 3.56. The van der Waals surface area contributed by atoms with E-state index in [1.807, 2.05) is 60.7 Å². The van der Waals surface area contributed by atoms with Crippen LogP contribution in [0.4, 0.5) is 0 Å². The van der Waals surface area contributed by atoms with Crippen LogP contribution in [-0.4, -0.2) is 25.5 Å². The van der Waals surface area contributed by atoms with Gasteiger partial charge >= 0.3 is 0 Å². The summed E-state index contributed by atoms with van der Waals surface area (Å²) in [5.74, 6) is 0.797. The zero-order valence-corrected chi connectivity index (χ0v) is 18.4. The van der Waals surface area contributed by atoms with Gasteiger partial charge in [-0.25, -0.2) is 18.1 Å². The van der Waals surface area contributed by atoms with Gasteiger partial charge in [0.2, 0.25) is 0 Å². The SMILES string of the molecule is COc1cccc(-c2ccc(CC(NS(=O)(=O)c3ccccn3)c3ccccn3)cc2)c1. The van der Waals surface area contributed by atoms with Crippen LogP contribution in [0.5, 0.6) is 5.75 Å². The molecule has 0 fully saturated rings. The first-order valence-corrected chi connectivity index (χ1v) is 11.6. The lowest BCUT2D eigenvalue weighted by atomic mass is 9.99. The summed E-state index contributed by atoms with van der Waals surface area (Å²) in [4.78, 5) is 8.36. The third kappa shape index (κ3) is 5.19. The molecule has 0 saturated heterocycles. The summed E-state index contributed by atoms with van der Waals surface area (Å²) in [5.41, 5.74) is 3.73. The van der Waals surface area contributed by atoms with E-state index in [9.17, 15) is 8.42 Å². The van der Waals surface area contributed by atoms with E-state index >= 15 is 0 Å². The van der Waals surface area contributed by atoms with E-state index in [0.29, 0.717) is 12.1 Å².